The van der Waals surface area contributed by atoms with Crippen LogP contribution in [-0.2, 0) is 11.3 Å². The summed E-state index contributed by atoms with van der Waals surface area (Å²) >= 11 is 0. The minimum atomic E-state index is 0.0263. The van der Waals surface area contributed by atoms with Gasteiger partial charge in [-0.1, -0.05) is 19.9 Å². The predicted molar refractivity (Wildman–Crippen MR) is 64.8 cm³/mol. The topological polar surface area (TPSA) is 68.0 Å². The largest absolute Gasteiger partial charge is 0.326 e. The van der Waals surface area contributed by atoms with Gasteiger partial charge in [0.25, 0.3) is 0 Å². The van der Waals surface area contributed by atoms with Crippen LogP contribution in [0.1, 0.15) is 32.3 Å². The fraction of sp³-hybridized carbons (Fsp3) is 0.500. The minimum absolute atomic E-state index is 0.0263. The van der Waals surface area contributed by atoms with E-state index < -0.39 is 0 Å². The van der Waals surface area contributed by atoms with Crippen molar-refractivity contribution >= 4 is 11.7 Å². The number of nitrogens with one attached hydrogen (secondary N) is 1. The number of hydrogen-bond acceptors (Lipinski definition) is 3. The third kappa shape index (κ3) is 3.03. The van der Waals surface area contributed by atoms with Gasteiger partial charge in [0.05, 0.1) is 0 Å². The lowest BCUT2D eigenvalue weighted by molar-refractivity contribution is -0.120. The molecule has 0 spiro atoms. The molecule has 1 heterocycles. The number of nitrogens with two attached hydrogens (primary N) is 1. The standard InChI is InChI=1S/C12H19N3O/c1-3-9(4-2)12(16)15-11-10(8-13)6-5-7-14-11/h5-7,9H,3-4,8,13H2,1-2H3,(H,14,15,16). The third-order valence-corrected chi connectivity index (χ3v) is 2.71. The molecule has 1 aromatic heterocycles. The Balaban J connectivity index is 2.76. The van der Waals surface area contributed by atoms with Gasteiger partial charge in [-0.15, -0.1) is 0 Å². The number of aromatic nitrogens is 1. The molecule has 1 rings (SSSR count). The SMILES string of the molecule is CCC(CC)C(=O)Nc1ncccc1CN. The number of hydrogen-bond donors (Lipinski definition) is 2. The molecule has 0 aliphatic carbocycles. The number of carbonyl (C=O) groups is 1. The van der Waals surface area contributed by atoms with Gasteiger partial charge < -0.3 is 11.1 Å². The quantitative estimate of drug-likeness (QED) is 0.798. The Morgan fingerprint density at radius 3 is 2.75 bits per heavy atom. The normalized spacial score (nSPS) is 10.5. The van der Waals surface area contributed by atoms with Crippen molar-refractivity contribution in [3.8, 4) is 0 Å². The molecule has 0 aliphatic rings. The van der Waals surface area contributed by atoms with Gasteiger partial charge in [0.1, 0.15) is 5.82 Å². The molecule has 0 saturated heterocycles. The molecule has 3 N–H and O–H groups in total. The van der Waals surface area contributed by atoms with Crippen molar-refractivity contribution in [3.05, 3.63) is 23.9 Å². The van der Waals surface area contributed by atoms with Gasteiger partial charge in [0.2, 0.25) is 5.91 Å². The van der Waals surface area contributed by atoms with E-state index in [2.05, 4.69) is 10.3 Å². The van der Waals surface area contributed by atoms with Gasteiger partial charge in [-0.05, 0) is 18.9 Å². The van der Waals surface area contributed by atoms with Crippen molar-refractivity contribution in [3.63, 3.8) is 0 Å². The summed E-state index contributed by atoms with van der Waals surface area (Å²) < 4.78 is 0. The van der Waals surface area contributed by atoms with Crippen LogP contribution >= 0.6 is 0 Å². The van der Waals surface area contributed by atoms with E-state index in [1.165, 1.54) is 0 Å². The predicted octanol–water partition coefficient (Wildman–Crippen LogP) is 1.91. The number of amides is 1. The molecule has 0 unspecified atom stereocenters. The van der Waals surface area contributed by atoms with Crippen molar-refractivity contribution in [1.82, 2.24) is 4.98 Å². The number of carbonyl (C=O) groups excluding carboxylic acids is 1. The average molecular weight is 221 g/mol. The summed E-state index contributed by atoms with van der Waals surface area (Å²) in [7, 11) is 0. The van der Waals surface area contributed by atoms with Gasteiger partial charge in [-0.25, -0.2) is 4.98 Å². The highest BCUT2D eigenvalue weighted by molar-refractivity contribution is 5.92. The van der Waals surface area contributed by atoms with Crippen LogP contribution in [-0.4, -0.2) is 10.9 Å². The Bertz CT molecular complexity index is 348. The first kappa shape index (κ1) is 12.6. The van der Waals surface area contributed by atoms with E-state index in [0.717, 1.165) is 18.4 Å². The fourth-order valence-electron chi connectivity index (χ4n) is 1.59. The summed E-state index contributed by atoms with van der Waals surface area (Å²) in [5.41, 5.74) is 6.44. The molecule has 0 aromatic carbocycles. The van der Waals surface area contributed by atoms with E-state index >= 15 is 0 Å². The molecule has 0 bridgehead atoms. The lowest BCUT2D eigenvalue weighted by atomic mass is 10.0. The van der Waals surface area contributed by atoms with Crippen molar-refractivity contribution < 1.29 is 4.79 Å². The molecule has 4 nitrogen and oxygen atoms in total. The van der Waals surface area contributed by atoms with Crippen LogP contribution in [0.4, 0.5) is 5.82 Å². The van der Waals surface area contributed by atoms with Crippen LogP contribution in [0.5, 0.6) is 0 Å². The molecule has 1 amide bonds. The van der Waals surface area contributed by atoms with E-state index in [1.54, 1.807) is 6.20 Å². The molecule has 0 fully saturated rings. The maximum Gasteiger partial charge on any atom is 0.228 e. The average Bonchev–Trinajstić information content (AvgIpc) is 2.31. The Morgan fingerprint density at radius 1 is 1.50 bits per heavy atom. The summed E-state index contributed by atoms with van der Waals surface area (Å²) in [5.74, 6) is 0.660. The van der Waals surface area contributed by atoms with Gasteiger partial charge in [0, 0.05) is 24.2 Å². The van der Waals surface area contributed by atoms with Crippen LogP contribution in [0.15, 0.2) is 18.3 Å². The summed E-state index contributed by atoms with van der Waals surface area (Å²) in [6, 6.07) is 3.69. The molecule has 0 atom stereocenters. The third-order valence-electron chi connectivity index (χ3n) is 2.71. The van der Waals surface area contributed by atoms with E-state index in [0.29, 0.717) is 12.4 Å². The second-order valence-corrected chi connectivity index (χ2v) is 3.72. The summed E-state index contributed by atoms with van der Waals surface area (Å²) in [6.07, 6.45) is 3.34. The van der Waals surface area contributed by atoms with Crippen LogP contribution in [0.25, 0.3) is 0 Å². The monoisotopic (exact) mass is 221 g/mol. The van der Waals surface area contributed by atoms with Gasteiger partial charge >= 0.3 is 0 Å². The van der Waals surface area contributed by atoms with E-state index in [1.807, 2.05) is 26.0 Å². The Kier molecular flexibility index (Phi) is 4.92. The minimum Gasteiger partial charge on any atom is -0.326 e. The molecular weight excluding hydrogens is 202 g/mol. The Hall–Kier alpha value is -1.42. The highest BCUT2D eigenvalue weighted by atomic mass is 16.1. The molecule has 0 saturated carbocycles. The zero-order valence-corrected chi connectivity index (χ0v) is 9.86. The Morgan fingerprint density at radius 2 is 2.19 bits per heavy atom. The first-order valence-electron chi connectivity index (χ1n) is 5.67. The number of pyridine rings is 1. The Labute approximate surface area is 96.3 Å². The van der Waals surface area contributed by atoms with Crippen molar-refractivity contribution in [1.29, 1.82) is 0 Å². The zero-order valence-electron chi connectivity index (χ0n) is 9.86. The van der Waals surface area contributed by atoms with Gasteiger partial charge in [0.15, 0.2) is 0 Å². The van der Waals surface area contributed by atoms with E-state index in [-0.39, 0.29) is 11.8 Å². The van der Waals surface area contributed by atoms with Crippen molar-refractivity contribution in [2.75, 3.05) is 5.32 Å². The summed E-state index contributed by atoms with van der Waals surface area (Å²) in [5, 5.41) is 2.83. The summed E-state index contributed by atoms with van der Waals surface area (Å²) in [6.45, 7) is 4.40. The maximum atomic E-state index is 11.9. The lowest BCUT2D eigenvalue weighted by Crippen LogP contribution is -2.23. The van der Waals surface area contributed by atoms with Crippen LogP contribution < -0.4 is 11.1 Å². The lowest BCUT2D eigenvalue weighted by Gasteiger charge is -2.13. The fourth-order valence-corrected chi connectivity index (χ4v) is 1.59. The van der Waals surface area contributed by atoms with Gasteiger partial charge in [-0.3, -0.25) is 4.79 Å². The number of nitrogens with zero attached hydrogens (tertiary/aromatic N) is 1. The van der Waals surface area contributed by atoms with Crippen molar-refractivity contribution in [2.24, 2.45) is 11.7 Å². The highest BCUT2D eigenvalue weighted by Crippen LogP contribution is 2.14. The van der Waals surface area contributed by atoms with E-state index in [4.69, 9.17) is 5.73 Å². The maximum absolute atomic E-state index is 11.9. The van der Waals surface area contributed by atoms with E-state index in [9.17, 15) is 4.79 Å². The number of anilines is 1. The molecule has 4 heteroatoms. The zero-order chi connectivity index (χ0) is 12.0. The first-order valence-corrected chi connectivity index (χ1v) is 5.67. The van der Waals surface area contributed by atoms with Crippen LogP contribution in [0.3, 0.4) is 0 Å². The number of rotatable bonds is 5. The second kappa shape index (κ2) is 6.23. The smallest absolute Gasteiger partial charge is 0.228 e. The molecule has 88 valence electrons. The second-order valence-electron chi connectivity index (χ2n) is 3.72. The summed E-state index contributed by atoms with van der Waals surface area (Å²) in [4.78, 5) is 16.0. The molecular formula is C12H19N3O. The van der Waals surface area contributed by atoms with Crippen molar-refractivity contribution in [2.45, 2.75) is 33.2 Å². The van der Waals surface area contributed by atoms with Crippen LogP contribution in [0.2, 0.25) is 0 Å². The van der Waals surface area contributed by atoms with Crippen LogP contribution in [0, 0.1) is 5.92 Å². The molecule has 0 radical (unpaired) electrons. The first-order chi connectivity index (χ1) is 7.72. The molecule has 1 aromatic rings. The molecule has 0 aliphatic heterocycles. The van der Waals surface area contributed by atoms with Gasteiger partial charge in [-0.2, -0.15) is 0 Å². The molecule has 16 heavy (non-hydrogen) atoms. The highest BCUT2D eigenvalue weighted by Gasteiger charge is 2.15.